The smallest absolute Gasteiger partial charge is 0.0883 e. The molecule has 1 aliphatic rings. The van der Waals surface area contributed by atoms with Crippen molar-refractivity contribution < 1.29 is 5.11 Å². The molecule has 1 aliphatic heterocycles. The molecule has 2 atom stereocenters. The average Bonchev–Trinajstić information content (AvgIpc) is 2.12. The Balaban J connectivity index is 2.47. The van der Waals surface area contributed by atoms with Crippen LogP contribution in [0.5, 0.6) is 0 Å². The van der Waals surface area contributed by atoms with Gasteiger partial charge in [-0.05, 0) is 18.1 Å². The van der Waals surface area contributed by atoms with Crippen molar-refractivity contribution in [1.29, 1.82) is 0 Å². The molecule has 1 aromatic rings. The summed E-state index contributed by atoms with van der Waals surface area (Å²) in [7, 11) is 0. The summed E-state index contributed by atoms with van der Waals surface area (Å²) >= 11 is 1.82. The Labute approximate surface area is 76.8 Å². The van der Waals surface area contributed by atoms with Crippen LogP contribution in [-0.2, 0) is 0 Å². The van der Waals surface area contributed by atoms with E-state index in [2.05, 4.69) is 13.0 Å². The van der Waals surface area contributed by atoms with Gasteiger partial charge in [-0.1, -0.05) is 24.3 Å². The molecule has 0 bridgehead atoms. The van der Waals surface area contributed by atoms with Crippen molar-refractivity contribution in [3.63, 3.8) is 0 Å². The van der Waals surface area contributed by atoms with Gasteiger partial charge in [-0.25, -0.2) is 0 Å². The number of rotatable bonds is 0. The van der Waals surface area contributed by atoms with Gasteiger partial charge in [-0.3, -0.25) is 0 Å². The van der Waals surface area contributed by atoms with Gasteiger partial charge in [0.05, 0.1) is 6.10 Å². The summed E-state index contributed by atoms with van der Waals surface area (Å²) in [5, 5.41) is 10.2. The minimum absolute atomic E-state index is 0.262. The van der Waals surface area contributed by atoms with Crippen LogP contribution in [-0.4, -0.2) is 10.9 Å². The van der Waals surface area contributed by atoms with Gasteiger partial charge in [0.25, 0.3) is 0 Å². The van der Waals surface area contributed by atoms with Crippen LogP contribution < -0.4 is 0 Å². The zero-order valence-electron chi connectivity index (χ0n) is 7.03. The predicted molar refractivity (Wildman–Crippen MR) is 52.3 cm³/mol. The lowest BCUT2D eigenvalue weighted by atomic mass is 10.0. The number of hydrogen-bond donors (Lipinski definition) is 1. The number of aliphatic hydroxyl groups excluding tert-OH is 1. The monoisotopic (exact) mass is 180 g/mol. The van der Waals surface area contributed by atoms with Gasteiger partial charge in [0, 0.05) is 11.0 Å². The van der Waals surface area contributed by atoms with Crippen LogP contribution in [0.4, 0.5) is 0 Å². The van der Waals surface area contributed by atoms with E-state index in [4.69, 9.17) is 0 Å². The van der Waals surface area contributed by atoms with Gasteiger partial charge in [-0.15, -0.1) is 0 Å². The van der Waals surface area contributed by atoms with Crippen molar-refractivity contribution >= 4 is 11.8 Å². The third-order valence-corrected chi connectivity index (χ3v) is 3.56. The molecule has 1 aromatic carbocycles. The van der Waals surface area contributed by atoms with Crippen LogP contribution in [0.2, 0.25) is 0 Å². The van der Waals surface area contributed by atoms with Crippen LogP contribution in [0.15, 0.2) is 24.3 Å². The van der Waals surface area contributed by atoms with E-state index in [0.717, 1.165) is 11.3 Å². The molecule has 0 aliphatic carbocycles. The maximum absolute atomic E-state index is 9.66. The Hall–Kier alpha value is -0.470. The highest BCUT2D eigenvalue weighted by Crippen LogP contribution is 2.40. The lowest BCUT2D eigenvalue weighted by Gasteiger charge is -2.25. The first kappa shape index (κ1) is 8.14. The Morgan fingerprint density at radius 1 is 1.33 bits per heavy atom. The summed E-state index contributed by atoms with van der Waals surface area (Å²) in [4.78, 5) is 0. The van der Waals surface area contributed by atoms with Gasteiger partial charge in [0.15, 0.2) is 0 Å². The fourth-order valence-corrected chi connectivity index (χ4v) is 2.64. The molecule has 12 heavy (non-hydrogen) atoms. The van der Waals surface area contributed by atoms with Gasteiger partial charge in [0.2, 0.25) is 0 Å². The molecule has 0 aromatic heterocycles. The van der Waals surface area contributed by atoms with E-state index < -0.39 is 0 Å². The standard InChI is InChI=1S/C10H12OS/c1-7-8-4-2-3-5-9(8)10(11)6-12-7/h2-5,7,10-11H,6H2,1H3/t7?,10-/m1/s1. The summed E-state index contributed by atoms with van der Waals surface area (Å²) in [5.41, 5.74) is 2.41. The van der Waals surface area contributed by atoms with E-state index in [1.54, 1.807) is 0 Å². The molecule has 2 rings (SSSR count). The molecule has 1 N–H and O–H groups in total. The first-order valence-corrected chi connectivity index (χ1v) is 5.22. The molecule has 1 nitrogen and oxygen atoms in total. The minimum atomic E-state index is -0.262. The van der Waals surface area contributed by atoms with Crippen LogP contribution in [0.25, 0.3) is 0 Å². The molecule has 0 spiro atoms. The van der Waals surface area contributed by atoms with Gasteiger partial charge >= 0.3 is 0 Å². The molecule has 1 unspecified atom stereocenters. The Bertz CT molecular complexity index is 256. The maximum Gasteiger partial charge on any atom is 0.0883 e. The average molecular weight is 180 g/mol. The third-order valence-electron chi connectivity index (χ3n) is 2.30. The van der Waals surface area contributed by atoms with Crippen molar-refractivity contribution in [1.82, 2.24) is 0 Å². The molecule has 0 fully saturated rings. The molecule has 1 heterocycles. The fourth-order valence-electron chi connectivity index (χ4n) is 1.60. The number of thioether (sulfide) groups is 1. The third kappa shape index (κ3) is 1.25. The van der Waals surface area contributed by atoms with Gasteiger partial charge < -0.3 is 5.11 Å². The number of hydrogen-bond acceptors (Lipinski definition) is 2. The quantitative estimate of drug-likeness (QED) is 0.662. The zero-order valence-corrected chi connectivity index (χ0v) is 7.84. The van der Waals surface area contributed by atoms with Crippen LogP contribution in [0.3, 0.4) is 0 Å². The van der Waals surface area contributed by atoms with Gasteiger partial charge in [0.1, 0.15) is 0 Å². The predicted octanol–water partition coefficient (Wildman–Crippen LogP) is 2.53. The Morgan fingerprint density at radius 3 is 2.67 bits per heavy atom. The normalized spacial score (nSPS) is 28.2. The second-order valence-corrected chi connectivity index (χ2v) is 4.49. The number of fused-ring (bicyclic) bond motifs is 1. The molecular formula is C10H12OS. The second-order valence-electron chi connectivity index (χ2n) is 3.12. The molecule has 2 heteroatoms. The lowest BCUT2D eigenvalue weighted by Crippen LogP contribution is -2.11. The van der Waals surface area contributed by atoms with E-state index in [1.165, 1.54) is 5.56 Å². The Morgan fingerprint density at radius 2 is 2.00 bits per heavy atom. The van der Waals surface area contributed by atoms with Crippen molar-refractivity contribution in [3.8, 4) is 0 Å². The summed E-state index contributed by atoms with van der Waals surface area (Å²) in [5.74, 6) is 0.832. The number of benzene rings is 1. The first-order valence-electron chi connectivity index (χ1n) is 4.17. The van der Waals surface area contributed by atoms with Crippen LogP contribution in [0, 0.1) is 0 Å². The molecule has 0 radical (unpaired) electrons. The highest BCUT2D eigenvalue weighted by molar-refractivity contribution is 7.99. The largest absolute Gasteiger partial charge is 0.388 e. The van der Waals surface area contributed by atoms with E-state index in [1.807, 2.05) is 30.0 Å². The van der Waals surface area contributed by atoms with E-state index >= 15 is 0 Å². The SMILES string of the molecule is CC1SC[C@@H](O)c2ccccc21. The topological polar surface area (TPSA) is 20.2 Å². The van der Waals surface area contributed by atoms with Crippen LogP contribution >= 0.6 is 11.8 Å². The second kappa shape index (κ2) is 3.11. The first-order chi connectivity index (χ1) is 5.79. The molecular weight excluding hydrogens is 168 g/mol. The summed E-state index contributed by atoms with van der Waals surface area (Å²) < 4.78 is 0. The minimum Gasteiger partial charge on any atom is -0.388 e. The van der Waals surface area contributed by atoms with Crippen molar-refractivity contribution in [2.24, 2.45) is 0 Å². The van der Waals surface area contributed by atoms with E-state index in [9.17, 15) is 5.11 Å². The lowest BCUT2D eigenvalue weighted by molar-refractivity contribution is 0.201. The van der Waals surface area contributed by atoms with Crippen LogP contribution in [0.1, 0.15) is 29.4 Å². The highest BCUT2D eigenvalue weighted by atomic mass is 32.2. The molecule has 0 saturated heterocycles. The number of aliphatic hydroxyl groups is 1. The van der Waals surface area contributed by atoms with E-state index in [-0.39, 0.29) is 6.10 Å². The summed E-state index contributed by atoms with van der Waals surface area (Å²) in [6.07, 6.45) is -0.262. The van der Waals surface area contributed by atoms with E-state index in [0.29, 0.717) is 5.25 Å². The Kier molecular flexibility index (Phi) is 2.11. The van der Waals surface area contributed by atoms with Crippen molar-refractivity contribution in [2.75, 3.05) is 5.75 Å². The zero-order chi connectivity index (χ0) is 8.55. The summed E-state index contributed by atoms with van der Waals surface area (Å²) in [6, 6.07) is 8.16. The summed E-state index contributed by atoms with van der Waals surface area (Å²) in [6.45, 7) is 2.19. The maximum atomic E-state index is 9.66. The van der Waals surface area contributed by atoms with Crippen molar-refractivity contribution in [2.45, 2.75) is 18.3 Å². The van der Waals surface area contributed by atoms with Gasteiger partial charge in [-0.2, -0.15) is 11.8 Å². The molecule has 0 saturated carbocycles. The molecule has 64 valence electrons. The fraction of sp³-hybridized carbons (Fsp3) is 0.400. The molecule has 0 amide bonds. The van der Waals surface area contributed by atoms with Crippen molar-refractivity contribution in [3.05, 3.63) is 35.4 Å². The highest BCUT2D eigenvalue weighted by Gasteiger charge is 2.22.